The van der Waals surface area contributed by atoms with Gasteiger partial charge in [-0.1, -0.05) is 12.1 Å². The largest absolute Gasteiger partial charge is 0.399 e. The molecule has 3 rings (SSSR count). The molecule has 18 heavy (non-hydrogen) atoms. The SMILES string of the molecule is Cc1ccc2nnc(Cc3ccc(N)cc3)n2n1. The van der Waals surface area contributed by atoms with E-state index >= 15 is 0 Å². The number of nitrogen functional groups attached to an aromatic ring is 1. The van der Waals surface area contributed by atoms with Crippen LogP contribution in [0.15, 0.2) is 36.4 Å². The molecule has 90 valence electrons. The summed E-state index contributed by atoms with van der Waals surface area (Å²) >= 11 is 0. The van der Waals surface area contributed by atoms with Gasteiger partial charge in [0.1, 0.15) is 0 Å². The molecule has 0 radical (unpaired) electrons. The summed E-state index contributed by atoms with van der Waals surface area (Å²) in [5, 5.41) is 12.7. The van der Waals surface area contributed by atoms with Crippen molar-refractivity contribution < 1.29 is 0 Å². The summed E-state index contributed by atoms with van der Waals surface area (Å²) < 4.78 is 1.78. The number of benzene rings is 1. The molecule has 0 saturated carbocycles. The van der Waals surface area contributed by atoms with Crippen LogP contribution in [0.1, 0.15) is 17.1 Å². The maximum Gasteiger partial charge on any atom is 0.177 e. The Morgan fingerprint density at radius 1 is 1.06 bits per heavy atom. The van der Waals surface area contributed by atoms with Crippen LogP contribution < -0.4 is 5.73 Å². The monoisotopic (exact) mass is 239 g/mol. The highest BCUT2D eigenvalue weighted by Crippen LogP contribution is 2.11. The molecule has 1 aromatic carbocycles. The van der Waals surface area contributed by atoms with Crippen LogP contribution in [0.3, 0.4) is 0 Å². The van der Waals surface area contributed by atoms with Crippen LogP contribution in [0.25, 0.3) is 5.65 Å². The van der Waals surface area contributed by atoms with Crippen LogP contribution in [0.2, 0.25) is 0 Å². The lowest BCUT2D eigenvalue weighted by atomic mass is 10.1. The Bertz CT molecular complexity index is 684. The molecule has 5 heteroatoms. The van der Waals surface area contributed by atoms with E-state index in [0.717, 1.165) is 28.4 Å². The fourth-order valence-electron chi connectivity index (χ4n) is 1.85. The van der Waals surface area contributed by atoms with Gasteiger partial charge < -0.3 is 5.73 Å². The highest BCUT2D eigenvalue weighted by atomic mass is 15.4. The first kappa shape index (κ1) is 10.7. The minimum Gasteiger partial charge on any atom is -0.399 e. The lowest BCUT2D eigenvalue weighted by Crippen LogP contribution is -2.01. The van der Waals surface area contributed by atoms with E-state index in [-0.39, 0.29) is 0 Å². The first-order valence-corrected chi connectivity index (χ1v) is 5.75. The number of hydrogen-bond donors (Lipinski definition) is 1. The molecule has 0 unspecified atom stereocenters. The van der Waals surface area contributed by atoms with Crippen molar-refractivity contribution in [3.8, 4) is 0 Å². The minimum absolute atomic E-state index is 0.692. The Balaban J connectivity index is 1.99. The highest BCUT2D eigenvalue weighted by Gasteiger charge is 2.07. The van der Waals surface area contributed by atoms with Crippen molar-refractivity contribution in [3.63, 3.8) is 0 Å². The third kappa shape index (κ3) is 1.90. The van der Waals surface area contributed by atoms with E-state index in [2.05, 4.69) is 15.3 Å². The lowest BCUT2D eigenvalue weighted by Gasteiger charge is -2.01. The molecule has 0 aliphatic carbocycles. The molecule has 5 nitrogen and oxygen atoms in total. The van der Waals surface area contributed by atoms with Crippen molar-refractivity contribution in [2.24, 2.45) is 0 Å². The minimum atomic E-state index is 0.692. The summed E-state index contributed by atoms with van der Waals surface area (Å²) in [5.41, 5.74) is 9.28. The molecule has 0 atom stereocenters. The molecule has 0 bridgehead atoms. The summed E-state index contributed by atoms with van der Waals surface area (Å²) in [7, 11) is 0. The van der Waals surface area contributed by atoms with Crippen molar-refractivity contribution >= 4 is 11.3 Å². The van der Waals surface area contributed by atoms with Gasteiger partial charge in [-0.25, -0.2) is 0 Å². The summed E-state index contributed by atoms with van der Waals surface area (Å²) in [4.78, 5) is 0. The second kappa shape index (κ2) is 4.10. The first-order valence-electron chi connectivity index (χ1n) is 5.75. The van der Waals surface area contributed by atoms with Crippen LogP contribution in [0, 0.1) is 6.92 Å². The molecule has 0 amide bonds. The Kier molecular flexibility index (Phi) is 2.44. The first-order chi connectivity index (χ1) is 8.72. The fourth-order valence-corrected chi connectivity index (χ4v) is 1.85. The predicted molar refractivity (Wildman–Crippen MR) is 69.2 cm³/mol. The van der Waals surface area contributed by atoms with Crippen molar-refractivity contribution in [2.45, 2.75) is 13.3 Å². The number of anilines is 1. The number of rotatable bonds is 2. The van der Waals surface area contributed by atoms with Crippen molar-refractivity contribution in [1.29, 1.82) is 0 Å². The third-order valence-electron chi connectivity index (χ3n) is 2.80. The molecule has 2 N–H and O–H groups in total. The van der Waals surface area contributed by atoms with E-state index in [1.807, 2.05) is 43.3 Å². The molecular weight excluding hydrogens is 226 g/mol. The zero-order valence-corrected chi connectivity index (χ0v) is 10.0. The number of nitrogens with two attached hydrogens (primary N) is 1. The number of aromatic nitrogens is 4. The lowest BCUT2D eigenvalue weighted by molar-refractivity contribution is 0.820. The van der Waals surface area contributed by atoms with Gasteiger partial charge in [-0.05, 0) is 36.8 Å². The van der Waals surface area contributed by atoms with Gasteiger partial charge in [0.25, 0.3) is 0 Å². The molecule has 0 fully saturated rings. The van der Waals surface area contributed by atoms with Crippen molar-refractivity contribution in [3.05, 3.63) is 53.5 Å². The van der Waals surface area contributed by atoms with Crippen LogP contribution in [0.4, 0.5) is 5.69 Å². The van der Waals surface area contributed by atoms with E-state index in [1.54, 1.807) is 4.52 Å². The maximum atomic E-state index is 5.66. The van der Waals surface area contributed by atoms with Crippen molar-refractivity contribution in [2.75, 3.05) is 5.73 Å². The Morgan fingerprint density at radius 3 is 2.61 bits per heavy atom. The number of aryl methyl sites for hydroxylation is 1. The Morgan fingerprint density at radius 2 is 1.83 bits per heavy atom. The molecule has 0 saturated heterocycles. The van der Waals surface area contributed by atoms with E-state index in [9.17, 15) is 0 Å². The van der Waals surface area contributed by atoms with E-state index < -0.39 is 0 Å². The second-order valence-electron chi connectivity index (χ2n) is 4.28. The van der Waals surface area contributed by atoms with Gasteiger partial charge in [-0.2, -0.15) is 9.61 Å². The van der Waals surface area contributed by atoms with Crippen LogP contribution in [0.5, 0.6) is 0 Å². The average Bonchev–Trinajstić information content (AvgIpc) is 2.75. The maximum absolute atomic E-state index is 5.66. The third-order valence-corrected chi connectivity index (χ3v) is 2.80. The Hall–Kier alpha value is -2.43. The van der Waals surface area contributed by atoms with Gasteiger partial charge in [-0.15, -0.1) is 10.2 Å². The number of nitrogens with zero attached hydrogens (tertiary/aromatic N) is 4. The standard InChI is InChI=1S/C13H13N5/c1-9-2-7-12-15-16-13(18(12)17-9)8-10-3-5-11(14)6-4-10/h2-7H,8,14H2,1H3. The summed E-state index contributed by atoms with van der Waals surface area (Å²) in [5.74, 6) is 0.832. The molecule has 0 aliphatic rings. The van der Waals surface area contributed by atoms with Gasteiger partial charge in [0.15, 0.2) is 11.5 Å². The number of hydrogen-bond acceptors (Lipinski definition) is 4. The predicted octanol–water partition coefficient (Wildman–Crippen LogP) is 1.61. The smallest absolute Gasteiger partial charge is 0.177 e. The van der Waals surface area contributed by atoms with Crippen LogP contribution in [-0.2, 0) is 6.42 Å². The molecule has 2 aromatic heterocycles. The number of fused-ring (bicyclic) bond motifs is 1. The summed E-state index contributed by atoms with van der Waals surface area (Å²) in [6.07, 6.45) is 0.692. The van der Waals surface area contributed by atoms with Crippen LogP contribution in [-0.4, -0.2) is 19.8 Å². The highest BCUT2D eigenvalue weighted by molar-refractivity contribution is 5.41. The molecule has 3 aromatic rings. The average molecular weight is 239 g/mol. The van der Waals surface area contributed by atoms with Gasteiger partial charge in [0, 0.05) is 12.1 Å². The summed E-state index contributed by atoms with van der Waals surface area (Å²) in [6, 6.07) is 11.6. The van der Waals surface area contributed by atoms with Gasteiger partial charge in [0.05, 0.1) is 5.69 Å². The molecule has 0 spiro atoms. The Labute approximate surface area is 104 Å². The zero-order chi connectivity index (χ0) is 12.5. The van der Waals surface area contributed by atoms with E-state index in [0.29, 0.717) is 6.42 Å². The van der Waals surface area contributed by atoms with E-state index in [1.165, 1.54) is 0 Å². The van der Waals surface area contributed by atoms with Gasteiger partial charge in [0.2, 0.25) is 0 Å². The fraction of sp³-hybridized carbons (Fsp3) is 0.154. The topological polar surface area (TPSA) is 69.1 Å². The van der Waals surface area contributed by atoms with Gasteiger partial charge in [-0.3, -0.25) is 0 Å². The van der Waals surface area contributed by atoms with E-state index in [4.69, 9.17) is 5.73 Å². The van der Waals surface area contributed by atoms with Crippen LogP contribution >= 0.6 is 0 Å². The van der Waals surface area contributed by atoms with Gasteiger partial charge >= 0.3 is 0 Å². The quantitative estimate of drug-likeness (QED) is 0.690. The molecule has 2 heterocycles. The summed E-state index contributed by atoms with van der Waals surface area (Å²) in [6.45, 7) is 1.95. The van der Waals surface area contributed by atoms with Crippen molar-refractivity contribution in [1.82, 2.24) is 19.8 Å². The zero-order valence-electron chi connectivity index (χ0n) is 10.0. The second-order valence-corrected chi connectivity index (χ2v) is 4.28. The molecular formula is C13H13N5. The molecule has 0 aliphatic heterocycles. The normalized spacial score (nSPS) is 10.9.